The van der Waals surface area contributed by atoms with E-state index >= 15 is 0 Å². The first-order valence-electron chi connectivity index (χ1n) is 4.18. The van der Waals surface area contributed by atoms with Gasteiger partial charge in [0.1, 0.15) is 5.69 Å². The number of nitrogens with zero attached hydrogens (tertiary/aromatic N) is 1. The molecule has 0 radical (unpaired) electrons. The van der Waals surface area contributed by atoms with Gasteiger partial charge in [-0.3, -0.25) is 4.79 Å². The average molecular weight is 223 g/mol. The largest absolute Gasteiger partial charge is 0.504 e. The van der Waals surface area contributed by atoms with E-state index in [1.807, 2.05) is 0 Å². The van der Waals surface area contributed by atoms with Crippen molar-refractivity contribution in [3.05, 3.63) is 35.1 Å². The summed E-state index contributed by atoms with van der Waals surface area (Å²) in [5.41, 5.74) is 5.22. The molecule has 5 heteroatoms. The van der Waals surface area contributed by atoms with E-state index < -0.39 is 5.91 Å². The Kier molecular flexibility index (Phi) is 2.21. The highest BCUT2D eigenvalue weighted by Gasteiger charge is 2.14. The number of carbonyl (C=O) groups excluding carboxylic acids is 1. The van der Waals surface area contributed by atoms with Crippen LogP contribution < -0.4 is 5.73 Å². The number of amides is 1. The smallest absolute Gasteiger partial charge is 0.268 e. The highest BCUT2D eigenvalue weighted by atomic mass is 35.5. The summed E-state index contributed by atoms with van der Waals surface area (Å²) in [4.78, 5) is 14.8. The molecule has 1 aromatic heterocycles. The quantitative estimate of drug-likeness (QED) is 0.721. The third-order valence-electron chi connectivity index (χ3n) is 2.08. The Bertz CT molecular complexity index is 554. The molecule has 3 N–H and O–H groups in total. The van der Waals surface area contributed by atoms with Crippen molar-refractivity contribution < 1.29 is 9.90 Å². The second kappa shape index (κ2) is 3.40. The SMILES string of the molecule is NC(=O)c1nc(Cl)c(O)c2ccccc12. The summed E-state index contributed by atoms with van der Waals surface area (Å²) in [7, 11) is 0. The molecule has 0 aliphatic rings. The summed E-state index contributed by atoms with van der Waals surface area (Å²) in [6, 6.07) is 6.75. The summed E-state index contributed by atoms with van der Waals surface area (Å²) < 4.78 is 0. The summed E-state index contributed by atoms with van der Waals surface area (Å²) >= 11 is 5.67. The van der Waals surface area contributed by atoms with Crippen molar-refractivity contribution in [2.45, 2.75) is 0 Å². The molecule has 2 aromatic rings. The Morgan fingerprint density at radius 1 is 1.33 bits per heavy atom. The van der Waals surface area contributed by atoms with Crippen molar-refractivity contribution in [1.82, 2.24) is 4.98 Å². The van der Waals surface area contributed by atoms with Crippen LogP contribution in [0.3, 0.4) is 0 Å². The van der Waals surface area contributed by atoms with Crippen molar-refractivity contribution in [3.8, 4) is 5.75 Å². The number of hydrogen-bond acceptors (Lipinski definition) is 3. The van der Waals surface area contributed by atoms with Crippen molar-refractivity contribution in [1.29, 1.82) is 0 Å². The van der Waals surface area contributed by atoms with Gasteiger partial charge in [-0.25, -0.2) is 4.98 Å². The van der Waals surface area contributed by atoms with Gasteiger partial charge in [-0.2, -0.15) is 0 Å². The van der Waals surface area contributed by atoms with Gasteiger partial charge in [0.2, 0.25) is 0 Å². The van der Waals surface area contributed by atoms with E-state index in [1.54, 1.807) is 24.3 Å². The van der Waals surface area contributed by atoms with Gasteiger partial charge in [-0.05, 0) is 0 Å². The Morgan fingerprint density at radius 2 is 1.93 bits per heavy atom. The Balaban J connectivity index is 2.94. The maximum atomic E-state index is 11.1. The fourth-order valence-corrected chi connectivity index (χ4v) is 1.59. The molecule has 0 bridgehead atoms. The number of benzene rings is 1. The third kappa shape index (κ3) is 1.49. The Hall–Kier alpha value is -1.81. The first-order valence-corrected chi connectivity index (χ1v) is 4.56. The van der Waals surface area contributed by atoms with Crippen molar-refractivity contribution >= 4 is 28.3 Å². The molecule has 4 nitrogen and oxygen atoms in total. The van der Waals surface area contributed by atoms with E-state index in [0.29, 0.717) is 10.8 Å². The molecular weight excluding hydrogens is 216 g/mol. The molecule has 0 saturated heterocycles. The van der Waals surface area contributed by atoms with Crippen LogP contribution in [0.2, 0.25) is 5.15 Å². The molecule has 0 spiro atoms. The number of halogens is 1. The summed E-state index contributed by atoms with van der Waals surface area (Å²) in [5.74, 6) is -0.814. The van der Waals surface area contributed by atoms with Crippen LogP contribution in [-0.2, 0) is 0 Å². The second-order valence-corrected chi connectivity index (χ2v) is 3.37. The minimum atomic E-state index is -0.673. The van der Waals surface area contributed by atoms with Crippen LogP contribution in [0.1, 0.15) is 10.5 Å². The molecule has 1 amide bonds. The molecule has 2 rings (SSSR count). The standard InChI is InChI=1S/C10H7ClN2O2/c11-9-8(14)6-4-2-1-3-5(6)7(13-9)10(12)15/h1-4,14H,(H2,12,15). The molecule has 0 saturated carbocycles. The predicted molar refractivity (Wildman–Crippen MR) is 56.9 cm³/mol. The highest BCUT2D eigenvalue weighted by molar-refractivity contribution is 6.32. The van der Waals surface area contributed by atoms with Gasteiger partial charge < -0.3 is 10.8 Å². The topological polar surface area (TPSA) is 76.2 Å². The minimum Gasteiger partial charge on any atom is -0.504 e. The number of primary amides is 1. The van der Waals surface area contributed by atoms with E-state index in [1.165, 1.54) is 0 Å². The van der Waals surface area contributed by atoms with E-state index in [2.05, 4.69) is 4.98 Å². The molecule has 0 fully saturated rings. The minimum absolute atomic E-state index is 0.0633. The number of carbonyl (C=O) groups is 1. The summed E-state index contributed by atoms with van der Waals surface area (Å²) in [6.07, 6.45) is 0. The summed E-state index contributed by atoms with van der Waals surface area (Å²) in [5, 5.41) is 10.5. The van der Waals surface area contributed by atoms with Gasteiger partial charge in [0, 0.05) is 10.8 Å². The van der Waals surface area contributed by atoms with E-state index in [-0.39, 0.29) is 16.6 Å². The number of pyridine rings is 1. The van der Waals surface area contributed by atoms with Gasteiger partial charge in [-0.1, -0.05) is 35.9 Å². The van der Waals surface area contributed by atoms with Crippen LogP contribution in [0.15, 0.2) is 24.3 Å². The lowest BCUT2D eigenvalue weighted by molar-refractivity contribution is 0.0997. The molecule has 0 aliphatic heterocycles. The maximum absolute atomic E-state index is 11.1. The lowest BCUT2D eigenvalue weighted by Gasteiger charge is -2.05. The number of hydrogen-bond donors (Lipinski definition) is 2. The lowest BCUT2D eigenvalue weighted by Crippen LogP contribution is -2.13. The molecule has 0 unspecified atom stereocenters. The zero-order valence-corrected chi connectivity index (χ0v) is 8.32. The van der Waals surface area contributed by atoms with Gasteiger partial charge in [0.15, 0.2) is 10.9 Å². The molecule has 0 atom stereocenters. The molecule has 15 heavy (non-hydrogen) atoms. The molecule has 1 heterocycles. The second-order valence-electron chi connectivity index (χ2n) is 3.01. The monoisotopic (exact) mass is 222 g/mol. The maximum Gasteiger partial charge on any atom is 0.268 e. The fourth-order valence-electron chi connectivity index (χ4n) is 1.41. The van der Waals surface area contributed by atoms with Crippen LogP contribution >= 0.6 is 11.6 Å². The molecule has 1 aromatic carbocycles. The van der Waals surface area contributed by atoms with E-state index in [0.717, 1.165) is 0 Å². The van der Waals surface area contributed by atoms with Crippen LogP contribution in [0.25, 0.3) is 10.8 Å². The van der Waals surface area contributed by atoms with Gasteiger partial charge in [0.05, 0.1) is 0 Å². The Morgan fingerprint density at radius 3 is 2.53 bits per heavy atom. The van der Waals surface area contributed by atoms with Crippen LogP contribution in [-0.4, -0.2) is 16.0 Å². The number of nitrogens with two attached hydrogens (primary N) is 1. The number of rotatable bonds is 1. The average Bonchev–Trinajstić information content (AvgIpc) is 2.23. The molecule has 0 aliphatic carbocycles. The fraction of sp³-hybridized carbons (Fsp3) is 0. The lowest BCUT2D eigenvalue weighted by atomic mass is 10.1. The van der Waals surface area contributed by atoms with E-state index in [4.69, 9.17) is 17.3 Å². The van der Waals surface area contributed by atoms with Crippen molar-refractivity contribution in [3.63, 3.8) is 0 Å². The zero-order chi connectivity index (χ0) is 11.0. The Labute approximate surface area is 90.3 Å². The van der Waals surface area contributed by atoms with Gasteiger partial charge >= 0.3 is 0 Å². The van der Waals surface area contributed by atoms with Crippen LogP contribution in [0.5, 0.6) is 5.75 Å². The first-order chi connectivity index (χ1) is 7.11. The van der Waals surface area contributed by atoms with Crippen molar-refractivity contribution in [2.75, 3.05) is 0 Å². The van der Waals surface area contributed by atoms with Gasteiger partial charge in [0.25, 0.3) is 5.91 Å². The van der Waals surface area contributed by atoms with Crippen LogP contribution in [0.4, 0.5) is 0 Å². The summed E-state index contributed by atoms with van der Waals surface area (Å²) in [6.45, 7) is 0. The molecule has 76 valence electrons. The number of fused-ring (bicyclic) bond motifs is 1. The van der Waals surface area contributed by atoms with E-state index in [9.17, 15) is 9.90 Å². The first kappa shape index (κ1) is 9.73. The predicted octanol–water partition coefficient (Wildman–Crippen LogP) is 1.69. The normalized spacial score (nSPS) is 10.5. The molecular formula is C10H7ClN2O2. The highest BCUT2D eigenvalue weighted by Crippen LogP contribution is 2.31. The zero-order valence-electron chi connectivity index (χ0n) is 7.57. The van der Waals surface area contributed by atoms with Crippen molar-refractivity contribution in [2.24, 2.45) is 5.73 Å². The third-order valence-corrected chi connectivity index (χ3v) is 2.34. The number of aromatic nitrogens is 1. The van der Waals surface area contributed by atoms with Gasteiger partial charge in [-0.15, -0.1) is 0 Å². The van der Waals surface area contributed by atoms with Crippen LogP contribution in [0, 0.1) is 0 Å². The number of aromatic hydroxyl groups is 1.